The fraction of sp³-hybridized carbons (Fsp3) is 0.278. The molecule has 0 atom stereocenters. The van der Waals surface area contributed by atoms with Gasteiger partial charge in [0, 0.05) is 6.54 Å². The van der Waals surface area contributed by atoms with E-state index in [4.69, 9.17) is 22.1 Å². The Bertz CT molecular complexity index is 632. The highest BCUT2D eigenvalue weighted by molar-refractivity contribution is 6.32. The van der Waals surface area contributed by atoms with Crippen molar-refractivity contribution in [3.8, 4) is 16.9 Å². The lowest BCUT2D eigenvalue weighted by Gasteiger charge is -2.10. The number of unbranched alkanes of at least 4 members (excludes halogenated alkanes) is 1. The third-order valence-electron chi connectivity index (χ3n) is 3.35. The number of ether oxygens (including phenoxy) is 1. The van der Waals surface area contributed by atoms with Crippen molar-refractivity contribution in [1.82, 2.24) is 5.32 Å². The minimum Gasteiger partial charge on any atom is -0.482 e. The zero-order chi connectivity index (χ0) is 16.5. The third kappa shape index (κ3) is 5.58. The summed E-state index contributed by atoms with van der Waals surface area (Å²) in [5.41, 5.74) is 7.49. The van der Waals surface area contributed by atoms with Crippen LogP contribution in [0.5, 0.6) is 5.75 Å². The predicted molar refractivity (Wildman–Crippen MR) is 93.7 cm³/mol. The predicted octanol–water partition coefficient (Wildman–Crippen LogP) is 3.24. The first-order chi connectivity index (χ1) is 11.2. The van der Waals surface area contributed by atoms with E-state index >= 15 is 0 Å². The summed E-state index contributed by atoms with van der Waals surface area (Å²) in [4.78, 5) is 11.7. The van der Waals surface area contributed by atoms with Crippen molar-refractivity contribution in [2.24, 2.45) is 5.73 Å². The van der Waals surface area contributed by atoms with Gasteiger partial charge in [0.2, 0.25) is 0 Å². The number of carbonyl (C=O) groups excluding carboxylic acids is 1. The van der Waals surface area contributed by atoms with Crippen molar-refractivity contribution in [3.05, 3.63) is 53.6 Å². The van der Waals surface area contributed by atoms with E-state index in [9.17, 15) is 4.79 Å². The molecule has 2 aromatic carbocycles. The fourth-order valence-corrected chi connectivity index (χ4v) is 2.35. The summed E-state index contributed by atoms with van der Waals surface area (Å²) < 4.78 is 5.48. The second kappa shape index (κ2) is 9.18. The lowest BCUT2D eigenvalue weighted by atomic mass is 10.1. The molecule has 0 aliphatic heterocycles. The van der Waals surface area contributed by atoms with Crippen LogP contribution in [0.4, 0.5) is 0 Å². The van der Waals surface area contributed by atoms with Gasteiger partial charge in [0.25, 0.3) is 5.91 Å². The first-order valence-corrected chi connectivity index (χ1v) is 8.03. The molecule has 122 valence electrons. The Morgan fingerprint density at radius 3 is 2.57 bits per heavy atom. The number of carbonyl (C=O) groups is 1. The smallest absolute Gasteiger partial charge is 0.257 e. The molecular weight excluding hydrogens is 312 g/mol. The standard InChI is InChI=1S/C18H21ClN2O2/c19-16-12-15(14-6-2-1-3-7-14)8-9-17(16)23-13-18(22)21-11-5-4-10-20/h1-3,6-9,12H,4-5,10-11,13,20H2,(H,21,22). The van der Waals surface area contributed by atoms with Crippen LogP contribution >= 0.6 is 11.6 Å². The SMILES string of the molecule is NCCCCNC(=O)COc1ccc(-c2ccccc2)cc1Cl. The van der Waals surface area contributed by atoms with E-state index in [0.29, 0.717) is 23.9 Å². The highest BCUT2D eigenvalue weighted by Crippen LogP contribution is 2.30. The zero-order valence-electron chi connectivity index (χ0n) is 12.9. The Morgan fingerprint density at radius 1 is 1.09 bits per heavy atom. The van der Waals surface area contributed by atoms with Crippen LogP contribution in [0.3, 0.4) is 0 Å². The van der Waals surface area contributed by atoms with E-state index in [1.807, 2.05) is 42.5 Å². The van der Waals surface area contributed by atoms with Crippen molar-refractivity contribution in [2.75, 3.05) is 19.7 Å². The van der Waals surface area contributed by atoms with Crippen LogP contribution in [0.1, 0.15) is 12.8 Å². The molecular formula is C18H21ClN2O2. The molecule has 4 nitrogen and oxygen atoms in total. The maximum atomic E-state index is 11.7. The van der Waals surface area contributed by atoms with Gasteiger partial charge in [0.05, 0.1) is 5.02 Å². The van der Waals surface area contributed by atoms with Crippen LogP contribution in [0, 0.1) is 0 Å². The van der Waals surface area contributed by atoms with Crippen LogP contribution in [-0.4, -0.2) is 25.6 Å². The molecule has 0 saturated carbocycles. The molecule has 23 heavy (non-hydrogen) atoms. The van der Waals surface area contributed by atoms with E-state index in [2.05, 4.69) is 5.32 Å². The number of amides is 1. The van der Waals surface area contributed by atoms with Gasteiger partial charge in [-0.15, -0.1) is 0 Å². The molecule has 2 aromatic rings. The largest absolute Gasteiger partial charge is 0.482 e. The first-order valence-electron chi connectivity index (χ1n) is 7.65. The summed E-state index contributed by atoms with van der Waals surface area (Å²) in [6.07, 6.45) is 1.77. The van der Waals surface area contributed by atoms with Gasteiger partial charge >= 0.3 is 0 Å². The maximum absolute atomic E-state index is 11.7. The molecule has 2 rings (SSSR count). The number of nitrogens with one attached hydrogen (secondary N) is 1. The van der Waals surface area contributed by atoms with Gasteiger partial charge in [-0.3, -0.25) is 4.79 Å². The Labute approximate surface area is 141 Å². The minimum absolute atomic E-state index is 0.0486. The molecule has 0 aliphatic carbocycles. The fourth-order valence-electron chi connectivity index (χ4n) is 2.12. The highest BCUT2D eigenvalue weighted by atomic mass is 35.5. The number of benzene rings is 2. The molecule has 5 heteroatoms. The van der Waals surface area contributed by atoms with Crippen LogP contribution in [-0.2, 0) is 4.79 Å². The van der Waals surface area contributed by atoms with E-state index in [1.54, 1.807) is 6.07 Å². The molecule has 0 heterocycles. The van der Waals surface area contributed by atoms with Gasteiger partial charge in [0.15, 0.2) is 6.61 Å². The second-order valence-electron chi connectivity index (χ2n) is 5.15. The van der Waals surface area contributed by atoms with Crippen LogP contribution < -0.4 is 15.8 Å². The molecule has 0 fully saturated rings. The molecule has 0 saturated heterocycles. The average Bonchev–Trinajstić information content (AvgIpc) is 2.58. The van der Waals surface area contributed by atoms with E-state index in [-0.39, 0.29) is 12.5 Å². The van der Waals surface area contributed by atoms with Gasteiger partial charge in [-0.05, 0) is 42.6 Å². The topological polar surface area (TPSA) is 64.3 Å². The summed E-state index contributed by atoms with van der Waals surface area (Å²) in [6, 6.07) is 15.5. The lowest BCUT2D eigenvalue weighted by molar-refractivity contribution is -0.123. The van der Waals surface area contributed by atoms with Crippen molar-refractivity contribution >= 4 is 17.5 Å². The highest BCUT2D eigenvalue weighted by Gasteiger charge is 2.07. The van der Waals surface area contributed by atoms with Gasteiger partial charge < -0.3 is 15.8 Å². The summed E-state index contributed by atoms with van der Waals surface area (Å²) in [7, 11) is 0. The summed E-state index contributed by atoms with van der Waals surface area (Å²) in [6.45, 7) is 1.20. The molecule has 0 aromatic heterocycles. The minimum atomic E-state index is -0.162. The summed E-state index contributed by atoms with van der Waals surface area (Å²) in [5.74, 6) is 0.341. The molecule has 0 radical (unpaired) electrons. The molecule has 0 bridgehead atoms. The number of rotatable bonds is 8. The van der Waals surface area contributed by atoms with Crippen molar-refractivity contribution in [2.45, 2.75) is 12.8 Å². The monoisotopic (exact) mass is 332 g/mol. The van der Waals surface area contributed by atoms with Crippen LogP contribution in [0.2, 0.25) is 5.02 Å². The Balaban J connectivity index is 1.88. The number of halogens is 1. The van der Waals surface area contributed by atoms with Crippen molar-refractivity contribution in [1.29, 1.82) is 0 Å². The van der Waals surface area contributed by atoms with Gasteiger partial charge in [0.1, 0.15) is 5.75 Å². The normalized spacial score (nSPS) is 10.3. The van der Waals surface area contributed by atoms with E-state index in [1.165, 1.54) is 0 Å². The molecule has 0 unspecified atom stereocenters. The van der Waals surface area contributed by atoms with Gasteiger partial charge in [-0.25, -0.2) is 0 Å². The summed E-state index contributed by atoms with van der Waals surface area (Å²) in [5, 5.41) is 3.27. The second-order valence-corrected chi connectivity index (χ2v) is 5.55. The summed E-state index contributed by atoms with van der Waals surface area (Å²) >= 11 is 6.24. The van der Waals surface area contributed by atoms with Crippen molar-refractivity contribution in [3.63, 3.8) is 0 Å². The van der Waals surface area contributed by atoms with Crippen LogP contribution in [0.15, 0.2) is 48.5 Å². The molecule has 3 N–H and O–H groups in total. The van der Waals surface area contributed by atoms with Gasteiger partial charge in [-0.1, -0.05) is 48.0 Å². The molecule has 0 aliphatic rings. The van der Waals surface area contributed by atoms with E-state index in [0.717, 1.165) is 24.0 Å². The maximum Gasteiger partial charge on any atom is 0.257 e. The molecule has 1 amide bonds. The Kier molecular flexibility index (Phi) is 6.91. The average molecular weight is 333 g/mol. The van der Waals surface area contributed by atoms with Gasteiger partial charge in [-0.2, -0.15) is 0 Å². The quantitative estimate of drug-likeness (QED) is 0.729. The number of hydrogen-bond acceptors (Lipinski definition) is 3. The third-order valence-corrected chi connectivity index (χ3v) is 3.65. The van der Waals surface area contributed by atoms with Crippen molar-refractivity contribution < 1.29 is 9.53 Å². The zero-order valence-corrected chi connectivity index (χ0v) is 13.7. The Morgan fingerprint density at radius 2 is 1.87 bits per heavy atom. The van der Waals surface area contributed by atoms with E-state index < -0.39 is 0 Å². The molecule has 0 spiro atoms. The number of hydrogen-bond donors (Lipinski definition) is 2. The lowest BCUT2D eigenvalue weighted by Crippen LogP contribution is -2.30. The Hall–Kier alpha value is -2.04. The number of nitrogens with two attached hydrogens (primary N) is 1. The first kappa shape index (κ1) is 17.3. The van der Waals surface area contributed by atoms with Crippen LogP contribution in [0.25, 0.3) is 11.1 Å².